The molecule has 1 aromatic carbocycles. The monoisotopic (exact) mass is 268 g/mol. The SMILES string of the molecule is Nc1nc(Br)n(Cc2ccc(O)cc2)n1. The number of aromatic hydroxyl groups is 1. The molecule has 0 spiro atoms. The lowest BCUT2D eigenvalue weighted by molar-refractivity contribution is 0.475. The predicted molar refractivity (Wildman–Crippen MR) is 59.3 cm³/mol. The lowest BCUT2D eigenvalue weighted by Gasteiger charge is -2.02. The molecule has 0 atom stereocenters. The van der Waals surface area contributed by atoms with Gasteiger partial charge in [-0.3, -0.25) is 0 Å². The van der Waals surface area contributed by atoms with Gasteiger partial charge in [0.25, 0.3) is 0 Å². The van der Waals surface area contributed by atoms with E-state index in [9.17, 15) is 0 Å². The van der Waals surface area contributed by atoms with Crippen LogP contribution in [0.5, 0.6) is 5.75 Å². The first-order chi connectivity index (χ1) is 7.15. The number of benzene rings is 1. The first kappa shape index (κ1) is 9.97. The number of hydrogen-bond acceptors (Lipinski definition) is 4. The molecule has 1 aromatic heterocycles. The van der Waals surface area contributed by atoms with Crippen LogP contribution in [0.1, 0.15) is 5.56 Å². The normalized spacial score (nSPS) is 10.5. The maximum Gasteiger partial charge on any atom is 0.240 e. The zero-order chi connectivity index (χ0) is 10.8. The smallest absolute Gasteiger partial charge is 0.240 e. The molecule has 0 aliphatic rings. The van der Waals surface area contributed by atoms with Gasteiger partial charge < -0.3 is 10.8 Å². The summed E-state index contributed by atoms with van der Waals surface area (Å²) in [6, 6.07) is 6.90. The quantitative estimate of drug-likeness (QED) is 0.863. The van der Waals surface area contributed by atoms with Crippen LogP contribution in [-0.4, -0.2) is 19.9 Å². The Bertz CT molecular complexity index is 465. The lowest BCUT2D eigenvalue weighted by atomic mass is 10.2. The molecule has 0 radical (unpaired) electrons. The van der Waals surface area contributed by atoms with Gasteiger partial charge in [-0.05, 0) is 33.6 Å². The number of nitrogen functional groups attached to an aromatic ring is 1. The van der Waals surface area contributed by atoms with Crippen molar-refractivity contribution in [3.05, 3.63) is 34.6 Å². The van der Waals surface area contributed by atoms with Crippen molar-refractivity contribution in [2.45, 2.75) is 6.54 Å². The van der Waals surface area contributed by atoms with E-state index in [1.807, 2.05) is 12.1 Å². The summed E-state index contributed by atoms with van der Waals surface area (Å²) in [5.74, 6) is 0.483. The van der Waals surface area contributed by atoms with Gasteiger partial charge in [-0.25, -0.2) is 4.68 Å². The van der Waals surface area contributed by atoms with E-state index in [0.717, 1.165) is 5.56 Å². The molecule has 2 aromatic rings. The molecule has 0 saturated carbocycles. The molecule has 3 N–H and O–H groups in total. The van der Waals surface area contributed by atoms with Gasteiger partial charge in [0.2, 0.25) is 5.95 Å². The van der Waals surface area contributed by atoms with Crippen LogP contribution in [0.2, 0.25) is 0 Å². The molecular weight excluding hydrogens is 260 g/mol. The minimum atomic E-state index is 0.237. The zero-order valence-corrected chi connectivity index (χ0v) is 9.35. The summed E-state index contributed by atoms with van der Waals surface area (Å²) in [5, 5.41) is 13.1. The molecule has 15 heavy (non-hydrogen) atoms. The first-order valence-electron chi connectivity index (χ1n) is 4.29. The summed E-state index contributed by atoms with van der Waals surface area (Å²) in [6.07, 6.45) is 0. The molecule has 0 bridgehead atoms. The number of anilines is 1. The van der Waals surface area contributed by atoms with Crippen LogP contribution in [0, 0.1) is 0 Å². The Morgan fingerprint density at radius 2 is 2.00 bits per heavy atom. The molecule has 0 unspecified atom stereocenters. The van der Waals surface area contributed by atoms with Crippen molar-refractivity contribution in [3.63, 3.8) is 0 Å². The second-order valence-corrected chi connectivity index (χ2v) is 3.77. The number of halogens is 1. The van der Waals surface area contributed by atoms with Crippen molar-refractivity contribution in [1.82, 2.24) is 14.8 Å². The van der Waals surface area contributed by atoms with E-state index in [4.69, 9.17) is 10.8 Å². The van der Waals surface area contributed by atoms with Crippen molar-refractivity contribution >= 4 is 21.9 Å². The lowest BCUT2D eigenvalue weighted by Crippen LogP contribution is -2.02. The van der Waals surface area contributed by atoms with Crippen LogP contribution in [0.25, 0.3) is 0 Å². The van der Waals surface area contributed by atoms with Crippen LogP contribution >= 0.6 is 15.9 Å². The molecule has 0 fully saturated rings. The Morgan fingerprint density at radius 1 is 1.33 bits per heavy atom. The second-order valence-electron chi connectivity index (χ2n) is 3.06. The van der Waals surface area contributed by atoms with Crippen LogP contribution in [0.15, 0.2) is 29.0 Å². The second kappa shape index (κ2) is 3.90. The number of nitrogens with two attached hydrogens (primary N) is 1. The van der Waals surface area contributed by atoms with Gasteiger partial charge in [0.05, 0.1) is 6.54 Å². The highest BCUT2D eigenvalue weighted by Crippen LogP contribution is 2.13. The Morgan fingerprint density at radius 3 is 2.53 bits per heavy atom. The van der Waals surface area contributed by atoms with Crippen molar-refractivity contribution in [3.8, 4) is 5.75 Å². The van der Waals surface area contributed by atoms with Gasteiger partial charge in [0, 0.05) is 0 Å². The van der Waals surface area contributed by atoms with Crippen LogP contribution in [0.4, 0.5) is 5.95 Å². The number of hydrogen-bond donors (Lipinski definition) is 2. The minimum Gasteiger partial charge on any atom is -0.508 e. The third kappa shape index (κ3) is 2.27. The average molecular weight is 269 g/mol. The van der Waals surface area contributed by atoms with Gasteiger partial charge >= 0.3 is 0 Å². The number of nitrogens with zero attached hydrogens (tertiary/aromatic N) is 3. The van der Waals surface area contributed by atoms with E-state index >= 15 is 0 Å². The number of phenols is 1. The highest BCUT2D eigenvalue weighted by atomic mass is 79.9. The van der Waals surface area contributed by atoms with Crippen molar-refractivity contribution in [2.24, 2.45) is 0 Å². The molecule has 0 amide bonds. The molecule has 1 heterocycles. The summed E-state index contributed by atoms with van der Waals surface area (Å²) in [4.78, 5) is 3.92. The Balaban J connectivity index is 2.21. The summed E-state index contributed by atoms with van der Waals surface area (Å²) >= 11 is 3.25. The molecule has 0 aliphatic heterocycles. The van der Waals surface area contributed by atoms with Crippen LogP contribution < -0.4 is 5.73 Å². The molecule has 5 nitrogen and oxygen atoms in total. The maximum absolute atomic E-state index is 9.12. The Kier molecular flexibility index (Phi) is 2.59. The van der Waals surface area contributed by atoms with Gasteiger partial charge in [0.15, 0.2) is 4.73 Å². The highest BCUT2D eigenvalue weighted by molar-refractivity contribution is 9.10. The third-order valence-corrected chi connectivity index (χ3v) is 2.50. The Labute approximate surface area is 94.7 Å². The van der Waals surface area contributed by atoms with Crippen molar-refractivity contribution in [1.29, 1.82) is 0 Å². The predicted octanol–water partition coefficient (Wildman–Crippen LogP) is 1.38. The van der Waals surface area contributed by atoms with Gasteiger partial charge in [0.1, 0.15) is 5.75 Å². The first-order valence-corrected chi connectivity index (χ1v) is 5.08. The maximum atomic E-state index is 9.12. The minimum absolute atomic E-state index is 0.237. The molecular formula is C9H9BrN4O. The average Bonchev–Trinajstić information content (AvgIpc) is 2.49. The summed E-state index contributed by atoms with van der Waals surface area (Å²) < 4.78 is 2.23. The largest absolute Gasteiger partial charge is 0.508 e. The molecule has 0 aliphatic carbocycles. The van der Waals surface area contributed by atoms with Gasteiger partial charge in [-0.2, -0.15) is 4.98 Å². The third-order valence-electron chi connectivity index (χ3n) is 1.91. The number of aromatic nitrogens is 3. The zero-order valence-electron chi connectivity index (χ0n) is 7.76. The highest BCUT2D eigenvalue weighted by Gasteiger charge is 2.04. The van der Waals surface area contributed by atoms with E-state index in [0.29, 0.717) is 11.3 Å². The fraction of sp³-hybridized carbons (Fsp3) is 0.111. The van der Waals surface area contributed by atoms with Crippen LogP contribution in [-0.2, 0) is 6.54 Å². The molecule has 2 rings (SSSR count). The topological polar surface area (TPSA) is 77.0 Å². The van der Waals surface area contributed by atoms with E-state index in [2.05, 4.69) is 26.0 Å². The van der Waals surface area contributed by atoms with E-state index in [1.54, 1.807) is 16.8 Å². The van der Waals surface area contributed by atoms with Gasteiger partial charge in [-0.1, -0.05) is 12.1 Å². The van der Waals surface area contributed by atoms with Gasteiger partial charge in [-0.15, -0.1) is 5.10 Å². The molecule has 6 heteroatoms. The molecule has 0 saturated heterocycles. The summed E-state index contributed by atoms with van der Waals surface area (Å²) in [6.45, 7) is 0.561. The molecule has 78 valence electrons. The number of phenolic OH excluding ortho intramolecular Hbond substituents is 1. The van der Waals surface area contributed by atoms with Crippen molar-refractivity contribution < 1.29 is 5.11 Å². The van der Waals surface area contributed by atoms with Crippen LogP contribution in [0.3, 0.4) is 0 Å². The standard InChI is InChI=1S/C9H9BrN4O/c10-8-12-9(11)13-14(8)5-6-1-3-7(15)4-2-6/h1-4,15H,5H2,(H2,11,13). The van der Waals surface area contributed by atoms with E-state index in [-0.39, 0.29) is 11.7 Å². The summed E-state index contributed by atoms with van der Waals surface area (Å²) in [5.41, 5.74) is 6.46. The fourth-order valence-electron chi connectivity index (χ4n) is 1.21. The van der Waals surface area contributed by atoms with Crippen molar-refractivity contribution in [2.75, 3.05) is 5.73 Å². The van der Waals surface area contributed by atoms with E-state index in [1.165, 1.54) is 0 Å². The number of rotatable bonds is 2. The van der Waals surface area contributed by atoms with E-state index < -0.39 is 0 Å². The Hall–Kier alpha value is -1.56. The fourth-order valence-corrected chi connectivity index (χ4v) is 1.60. The summed E-state index contributed by atoms with van der Waals surface area (Å²) in [7, 11) is 0.